The molecule has 4 nitrogen and oxygen atoms in total. The van der Waals surface area contributed by atoms with Crippen molar-refractivity contribution in [1.82, 2.24) is 4.90 Å². The van der Waals surface area contributed by atoms with Gasteiger partial charge in [0, 0.05) is 18.9 Å². The van der Waals surface area contributed by atoms with Crippen molar-refractivity contribution < 1.29 is 15.0 Å². The number of aliphatic hydroxyl groups is 2. The second kappa shape index (κ2) is 6.99. The van der Waals surface area contributed by atoms with Crippen LogP contribution in [0, 0.1) is 5.92 Å². The first kappa shape index (κ1) is 13.6. The number of carbonyl (C=O) groups is 1. The van der Waals surface area contributed by atoms with Crippen molar-refractivity contribution in [3.63, 3.8) is 0 Å². The lowest BCUT2D eigenvalue weighted by Gasteiger charge is -2.32. The zero-order valence-electron chi connectivity index (χ0n) is 10.1. The van der Waals surface area contributed by atoms with Crippen LogP contribution < -0.4 is 0 Å². The fraction of sp³-hybridized carbons (Fsp3) is 0.917. The summed E-state index contributed by atoms with van der Waals surface area (Å²) in [6.07, 6.45) is 2.78. The predicted octanol–water partition coefficient (Wildman–Crippen LogP) is 0.421. The number of piperidine rings is 1. The largest absolute Gasteiger partial charge is 0.394 e. The second-order valence-electron chi connectivity index (χ2n) is 4.63. The summed E-state index contributed by atoms with van der Waals surface area (Å²) in [7, 11) is 0. The lowest BCUT2D eigenvalue weighted by Crippen LogP contribution is -2.41. The Bertz CT molecular complexity index is 212. The normalized spacial score (nSPS) is 20.9. The zero-order valence-corrected chi connectivity index (χ0v) is 10.1. The number of nitrogens with zero attached hydrogens (tertiary/aromatic N) is 1. The summed E-state index contributed by atoms with van der Waals surface area (Å²) < 4.78 is 0. The average molecular weight is 229 g/mol. The molecule has 1 fully saturated rings. The molecule has 0 aromatic heterocycles. The van der Waals surface area contributed by atoms with Gasteiger partial charge in [0.25, 0.3) is 0 Å². The van der Waals surface area contributed by atoms with E-state index in [9.17, 15) is 9.90 Å². The van der Waals surface area contributed by atoms with Crippen LogP contribution in [0.25, 0.3) is 0 Å². The molecule has 0 saturated carbocycles. The Morgan fingerprint density at radius 1 is 1.44 bits per heavy atom. The Labute approximate surface area is 97.3 Å². The van der Waals surface area contributed by atoms with Crippen LogP contribution in [0.4, 0.5) is 0 Å². The fourth-order valence-corrected chi connectivity index (χ4v) is 2.24. The van der Waals surface area contributed by atoms with Crippen LogP contribution in [0.5, 0.6) is 0 Å². The molecular weight excluding hydrogens is 206 g/mol. The number of β-amino-alcohol motifs (C(OH)–C–C–N with tert-alkyl or cyclic N) is 1. The van der Waals surface area contributed by atoms with E-state index in [1.54, 1.807) is 0 Å². The van der Waals surface area contributed by atoms with Crippen molar-refractivity contribution >= 4 is 5.78 Å². The highest BCUT2D eigenvalue weighted by molar-refractivity contribution is 5.81. The summed E-state index contributed by atoms with van der Waals surface area (Å²) in [5, 5.41) is 18.1. The summed E-state index contributed by atoms with van der Waals surface area (Å²) in [5.74, 6) is 0.618. The van der Waals surface area contributed by atoms with Crippen LogP contribution in [0.2, 0.25) is 0 Å². The molecule has 16 heavy (non-hydrogen) atoms. The quantitative estimate of drug-likeness (QED) is 0.693. The number of ketones is 1. The highest BCUT2D eigenvalue weighted by Crippen LogP contribution is 2.19. The highest BCUT2D eigenvalue weighted by atomic mass is 16.3. The Morgan fingerprint density at radius 2 is 2.06 bits per heavy atom. The monoisotopic (exact) mass is 229 g/mol. The molecule has 94 valence electrons. The lowest BCUT2D eigenvalue weighted by atomic mass is 9.90. The minimum absolute atomic E-state index is 0.186. The van der Waals surface area contributed by atoms with Gasteiger partial charge in [0.1, 0.15) is 5.78 Å². The topological polar surface area (TPSA) is 60.8 Å². The fourth-order valence-electron chi connectivity index (χ4n) is 2.24. The van der Waals surface area contributed by atoms with E-state index >= 15 is 0 Å². The van der Waals surface area contributed by atoms with E-state index in [0.717, 1.165) is 32.4 Å². The molecule has 0 radical (unpaired) electrons. The summed E-state index contributed by atoms with van der Waals surface area (Å²) in [5.41, 5.74) is 0. The molecule has 0 aliphatic carbocycles. The molecule has 1 rings (SSSR count). The van der Waals surface area contributed by atoms with Gasteiger partial charge in [0.2, 0.25) is 0 Å². The number of rotatable bonds is 6. The first-order valence-electron chi connectivity index (χ1n) is 6.21. The molecule has 1 aliphatic heterocycles. The molecule has 0 aromatic rings. The third-order valence-electron chi connectivity index (χ3n) is 3.22. The van der Waals surface area contributed by atoms with Gasteiger partial charge in [-0.2, -0.15) is 0 Å². The molecule has 0 aromatic carbocycles. The molecule has 0 spiro atoms. The molecule has 1 aliphatic rings. The standard InChI is InChI=1S/C12H23NO3/c1-2-3-12(16)10-4-6-13(7-5-10)8-11(15)9-14/h10-11,14-15H,2-9H2,1H3. The number of aliphatic hydroxyl groups excluding tert-OH is 2. The maximum absolute atomic E-state index is 11.7. The van der Waals surface area contributed by atoms with Gasteiger partial charge in [0.15, 0.2) is 0 Å². The van der Waals surface area contributed by atoms with Gasteiger partial charge in [-0.15, -0.1) is 0 Å². The molecule has 0 bridgehead atoms. The second-order valence-corrected chi connectivity index (χ2v) is 4.63. The van der Waals surface area contributed by atoms with Crippen LogP contribution in [0.1, 0.15) is 32.6 Å². The van der Waals surface area contributed by atoms with Crippen molar-refractivity contribution in [2.24, 2.45) is 5.92 Å². The van der Waals surface area contributed by atoms with Crippen LogP contribution in [0.3, 0.4) is 0 Å². The number of Topliss-reactive ketones (excluding diaryl/α,β-unsaturated/α-hetero) is 1. The number of hydrogen-bond donors (Lipinski definition) is 2. The highest BCUT2D eigenvalue weighted by Gasteiger charge is 2.24. The third kappa shape index (κ3) is 4.20. The Morgan fingerprint density at radius 3 is 2.56 bits per heavy atom. The van der Waals surface area contributed by atoms with Gasteiger partial charge in [-0.25, -0.2) is 0 Å². The number of hydrogen-bond acceptors (Lipinski definition) is 4. The van der Waals surface area contributed by atoms with Crippen LogP contribution in [-0.2, 0) is 4.79 Å². The SMILES string of the molecule is CCCC(=O)C1CCN(CC(O)CO)CC1. The molecule has 2 N–H and O–H groups in total. The van der Waals surface area contributed by atoms with Crippen LogP contribution >= 0.6 is 0 Å². The summed E-state index contributed by atoms with van der Waals surface area (Å²) in [4.78, 5) is 13.8. The van der Waals surface area contributed by atoms with Gasteiger partial charge < -0.3 is 15.1 Å². The van der Waals surface area contributed by atoms with Crippen molar-refractivity contribution in [3.05, 3.63) is 0 Å². The van der Waals surface area contributed by atoms with Crippen molar-refractivity contribution in [2.75, 3.05) is 26.2 Å². The average Bonchev–Trinajstić information content (AvgIpc) is 2.30. The Hall–Kier alpha value is -0.450. The minimum atomic E-state index is -0.650. The number of carbonyl (C=O) groups excluding carboxylic acids is 1. The van der Waals surface area contributed by atoms with Crippen molar-refractivity contribution in [2.45, 2.75) is 38.7 Å². The van der Waals surface area contributed by atoms with Gasteiger partial charge >= 0.3 is 0 Å². The van der Waals surface area contributed by atoms with Gasteiger partial charge in [-0.3, -0.25) is 4.79 Å². The minimum Gasteiger partial charge on any atom is -0.394 e. The third-order valence-corrected chi connectivity index (χ3v) is 3.22. The van der Waals surface area contributed by atoms with Gasteiger partial charge in [-0.05, 0) is 32.4 Å². The van der Waals surface area contributed by atoms with Crippen molar-refractivity contribution in [1.29, 1.82) is 0 Å². The van der Waals surface area contributed by atoms with Gasteiger partial charge in [-0.1, -0.05) is 6.92 Å². The first-order valence-corrected chi connectivity index (χ1v) is 6.21. The summed E-state index contributed by atoms with van der Waals surface area (Å²) in [6.45, 7) is 4.08. The van der Waals surface area contributed by atoms with E-state index in [4.69, 9.17) is 5.11 Å². The Kier molecular flexibility index (Phi) is 5.95. The van der Waals surface area contributed by atoms with E-state index in [1.807, 2.05) is 6.92 Å². The van der Waals surface area contributed by atoms with Gasteiger partial charge in [0.05, 0.1) is 12.7 Å². The molecule has 1 atom stereocenters. The summed E-state index contributed by atoms with van der Waals surface area (Å²) in [6, 6.07) is 0. The maximum Gasteiger partial charge on any atom is 0.136 e. The van der Waals surface area contributed by atoms with Crippen LogP contribution in [0.15, 0.2) is 0 Å². The lowest BCUT2D eigenvalue weighted by molar-refractivity contribution is -0.124. The molecule has 1 unspecified atom stereocenters. The van der Waals surface area contributed by atoms with E-state index in [-0.39, 0.29) is 12.5 Å². The van der Waals surface area contributed by atoms with E-state index in [2.05, 4.69) is 4.90 Å². The zero-order chi connectivity index (χ0) is 12.0. The van der Waals surface area contributed by atoms with Crippen molar-refractivity contribution in [3.8, 4) is 0 Å². The van der Waals surface area contributed by atoms with Crippen LogP contribution in [-0.4, -0.2) is 53.2 Å². The van der Waals surface area contributed by atoms with E-state index in [0.29, 0.717) is 18.7 Å². The Balaban J connectivity index is 2.25. The molecule has 0 amide bonds. The summed E-state index contributed by atoms with van der Waals surface area (Å²) >= 11 is 0. The predicted molar refractivity (Wildman–Crippen MR) is 62.2 cm³/mol. The maximum atomic E-state index is 11.7. The smallest absolute Gasteiger partial charge is 0.136 e. The molecule has 1 heterocycles. The first-order chi connectivity index (χ1) is 7.67. The molecule has 1 saturated heterocycles. The number of likely N-dealkylation sites (tertiary alicyclic amines) is 1. The molecule has 4 heteroatoms. The van der Waals surface area contributed by atoms with E-state index in [1.165, 1.54) is 0 Å². The molecular formula is C12H23NO3. The van der Waals surface area contributed by atoms with E-state index < -0.39 is 6.10 Å².